The van der Waals surface area contributed by atoms with Gasteiger partial charge in [0.15, 0.2) is 0 Å². The van der Waals surface area contributed by atoms with E-state index in [0.717, 1.165) is 5.56 Å². The van der Waals surface area contributed by atoms with Crippen molar-refractivity contribution in [3.8, 4) is 0 Å². The summed E-state index contributed by atoms with van der Waals surface area (Å²) in [5, 5.41) is -0.202. The van der Waals surface area contributed by atoms with E-state index in [1.54, 1.807) is 0 Å². The number of alkyl halides is 3. The van der Waals surface area contributed by atoms with E-state index in [1.165, 1.54) is 5.56 Å². The summed E-state index contributed by atoms with van der Waals surface area (Å²) in [6.45, 7) is 6.18. The standard InChI is InChI=1S/C15H21ClF2O/c1-15(2,3)12-6-4-11(5-7-12)13(16)8-9-19-10-14(17)18/h4-7,13-14H,8-10H2,1-3H3. The Balaban J connectivity index is 2.47. The maximum Gasteiger partial charge on any atom is 0.261 e. The predicted octanol–water partition coefficient (Wildman–Crippen LogP) is 4.94. The first-order chi connectivity index (χ1) is 8.80. The third-order valence-corrected chi connectivity index (χ3v) is 3.37. The number of benzene rings is 1. The minimum Gasteiger partial charge on any atom is -0.375 e. The van der Waals surface area contributed by atoms with Gasteiger partial charge in [-0.1, -0.05) is 45.0 Å². The highest BCUT2D eigenvalue weighted by Crippen LogP contribution is 2.28. The summed E-state index contributed by atoms with van der Waals surface area (Å²) in [4.78, 5) is 0. The maximum atomic E-state index is 11.9. The number of hydrogen-bond donors (Lipinski definition) is 0. The molecule has 0 fully saturated rings. The first-order valence-electron chi connectivity index (χ1n) is 6.41. The molecule has 0 aliphatic carbocycles. The molecular formula is C15H21ClF2O. The van der Waals surface area contributed by atoms with Gasteiger partial charge in [0.1, 0.15) is 6.61 Å². The second-order valence-electron chi connectivity index (χ2n) is 5.59. The van der Waals surface area contributed by atoms with Crippen LogP contribution in [0.4, 0.5) is 8.78 Å². The van der Waals surface area contributed by atoms with Gasteiger partial charge in [0.25, 0.3) is 6.43 Å². The molecule has 0 spiro atoms. The van der Waals surface area contributed by atoms with Gasteiger partial charge in [0.2, 0.25) is 0 Å². The Morgan fingerprint density at radius 2 is 1.74 bits per heavy atom. The molecule has 0 saturated heterocycles. The van der Waals surface area contributed by atoms with Crippen LogP contribution >= 0.6 is 11.6 Å². The van der Waals surface area contributed by atoms with Crippen LogP contribution in [0.1, 0.15) is 43.7 Å². The lowest BCUT2D eigenvalue weighted by molar-refractivity contribution is 0.0165. The summed E-state index contributed by atoms with van der Waals surface area (Å²) < 4.78 is 28.6. The molecule has 0 radical (unpaired) electrons. The van der Waals surface area contributed by atoms with E-state index in [0.29, 0.717) is 6.42 Å². The van der Waals surface area contributed by atoms with Crippen molar-refractivity contribution < 1.29 is 13.5 Å². The van der Waals surface area contributed by atoms with E-state index in [-0.39, 0.29) is 17.4 Å². The van der Waals surface area contributed by atoms with Gasteiger partial charge in [-0.05, 0) is 23.0 Å². The lowest BCUT2D eigenvalue weighted by Gasteiger charge is -2.20. The zero-order valence-electron chi connectivity index (χ0n) is 11.6. The highest BCUT2D eigenvalue weighted by Gasteiger charge is 2.14. The molecule has 19 heavy (non-hydrogen) atoms. The molecule has 0 heterocycles. The number of rotatable bonds is 6. The van der Waals surface area contributed by atoms with Crippen LogP contribution in [0.2, 0.25) is 0 Å². The van der Waals surface area contributed by atoms with Gasteiger partial charge in [0.05, 0.1) is 5.38 Å². The molecule has 0 amide bonds. The topological polar surface area (TPSA) is 9.23 Å². The summed E-state index contributed by atoms with van der Waals surface area (Å²) in [5.74, 6) is 0. The molecule has 0 aliphatic heterocycles. The number of hydrogen-bond acceptors (Lipinski definition) is 1. The van der Waals surface area contributed by atoms with E-state index in [9.17, 15) is 8.78 Å². The van der Waals surface area contributed by atoms with E-state index in [4.69, 9.17) is 16.3 Å². The van der Waals surface area contributed by atoms with E-state index in [1.807, 2.05) is 12.1 Å². The van der Waals surface area contributed by atoms with Gasteiger partial charge in [-0.2, -0.15) is 0 Å². The third-order valence-electron chi connectivity index (χ3n) is 2.90. The van der Waals surface area contributed by atoms with Crippen LogP contribution in [0, 0.1) is 0 Å². The largest absolute Gasteiger partial charge is 0.375 e. The fourth-order valence-corrected chi connectivity index (χ4v) is 1.95. The molecular weight excluding hydrogens is 270 g/mol. The quantitative estimate of drug-likeness (QED) is 0.533. The van der Waals surface area contributed by atoms with Crippen molar-refractivity contribution in [2.75, 3.05) is 13.2 Å². The maximum absolute atomic E-state index is 11.9. The Morgan fingerprint density at radius 3 is 2.21 bits per heavy atom. The molecule has 0 aromatic heterocycles. The van der Waals surface area contributed by atoms with Crippen molar-refractivity contribution >= 4 is 11.6 Å². The predicted molar refractivity (Wildman–Crippen MR) is 75.2 cm³/mol. The first-order valence-corrected chi connectivity index (χ1v) is 6.84. The van der Waals surface area contributed by atoms with E-state index < -0.39 is 13.0 Å². The summed E-state index contributed by atoms with van der Waals surface area (Å²) in [7, 11) is 0. The fraction of sp³-hybridized carbons (Fsp3) is 0.600. The van der Waals surface area contributed by atoms with Crippen molar-refractivity contribution in [2.24, 2.45) is 0 Å². The first kappa shape index (κ1) is 16.4. The molecule has 1 aromatic carbocycles. The second-order valence-corrected chi connectivity index (χ2v) is 6.12. The smallest absolute Gasteiger partial charge is 0.261 e. The van der Waals surface area contributed by atoms with Gasteiger partial charge >= 0.3 is 0 Å². The Labute approximate surface area is 118 Å². The Morgan fingerprint density at radius 1 is 1.16 bits per heavy atom. The van der Waals surface area contributed by atoms with Crippen LogP contribution in [-0.2, 0) is 10.2 Å². The molecule has 0 bridgehead atoms. The van der Waals surface area contributed by atoms with Crippen molar-refractivity contribution in [2.45, 2.75) is 44.4 Å². The molecule has 1 nitrogen and oxygen atoms in total. The molecule has 4 heteroatoms. The van der Waals surface area contributed by atoms with Gasteiger partial charge in [-0.25, -0.2) is 8.78 Å². The van der Waals surface area contributed by atoms with Crippen molar-refractivity contribution in [3.63, 3.8) is 0 Å². The highest BCUT2D eigenvalue weighted by molar-refractivity contribution is 6.20. The molecule has 1 unspecified atom stereocenters. The lowest BCUT2D eigenvalue weighted by atomic mass is 9.86. The van der Waals surface area contributed by atoms with Gasteiger partial charge in [0, 0.05) is 6.61 Å². The Kier molecular flexibility index (Phi) is 6.21. The minimum absolute atomic E-state index is 0.112. The summed E-state index contributed by atoms with van der Waals surface area (Å²) in [6, 6.07) is 8.10. The number of halogens is 3. The zero-order valence-corrected chi connectivity index (χ0v) is 12.4. The van der Waals surface area contributed by atoms with Crippen molar-refractivity contribution in [1.82, 2.24) is 0 Å². The van der Waals surface area contributed by atoms with Crippen LogP contribution in [0.25, 0.3) is 0 Å². The van der Waals surface area contributed by atoms with E-state index >= 15 is 0 Å². The monoisotopic (exact) mass is 290 g/mol. The van der Waals surface area contributed by atoms with Crippen LogP contribution in [0.15, 0.2) is 24.3 Å². The molecule has 1 rings (SSSR count). The van der Waals surface area contributed by atoms with Crippen LogP contribution in [0.5, 0.6) is 0 Å². The Bertz CT molecular complexity index is 371. The summed E-state index contributed by atoms with van der Waals surface area (Å²) in [6.07, 6.45) is -1.89. The minimum atomic E-state index is -2.42. The van der Waals surface area contributed by atoms with Gasteiger partial charge < -0.3 is 4.74 Å². The van der Waals surface area contributed by atoms with Crippen molar-refractivity contribution in [1.29, 1.82) is 0 Å². The molecule has 1 aromatic rings. The molecule has 0 saturated carbocycles. The van der Waals surface area contributed by atoms with Gasteiger partial charge in [-0.3, -0.25) is 0 Å². The molecule has 0 aliphatic rings. The second kappa shape index (κ2) is 7.20. The molecule has 108 valence electrons. The van der Waals surface area contributed by atoms with Crippen LogP contribution < -0.4 is 0 Å². The van der Waals surface area contributed by atoms with Crippen LogP contribution in [0.3, 0.4) is 0 Å². The SMILES string of the molecule is CC(C)(C)c1ccc(C(Cl)CCOCC(F)F)cc1. The van der Waals surface area contributed by atoms with Gasteiger partial charge in [-0.15, -0.1) is 11.6 Å². The molecule has 0 N–H and O–H groups in total. The molecule has 1 atom stereocenters. The Hall–Kier alpha value is -0.670. The van der Waals surface area contributed by atoms with Crippen molar-refractivity contribution in [3.05, 3.63) is 35.4 Å². The third kappa shape index (κ3) is 5.87. The average Bonchev–Trinajstić information content (AvgIpc) is 2.33. The average molecular weight is 291 g/mol. The van der Waals surface area contributed by atoms with E-state index in [2.05, 4.69) is 32.9 Å². The highest BCUT2D eigenvalue weighted by atomic mass is 35.5. The summed E-state index contributed by atoms with van der Waals surface area (Å²) >= 11 is 6.22. The number of ether oxygens (including phenoxy) is 1. The summed E-state index contributed by atoms with van der Waals surface area (Å²) in [5.41, 5.74) is 2.35. The normalized spacial score (nSPS) is 13.8. The lowest BCUT2D eigenvalue weighted by Crippen LogP contribution is -2.11. The van der Waals surface area contributed by atoms with Crippen LogP contribution in [-0.4, -0.2) is 19.6 Å². The zero-order chi connectivity index (χ0) is 14.5. The fourth-order valence-electron chi connectivity index (χ4n) is 1.72.